The van der Waals surface area contributed by atoms with Crippen molar-refractivity contribution in [1.82, 2.24) is 0 Å². The predicted molar refractivity (Wildman–Crippen MR) is 74.5 cm³/mol. The van der Waals surface area contributed by atoms with Crippen LogP contribution in [0.5, 0.6) is 0 Å². The van der Waals surface area contributed by atoms with E-state index in [1.807, 2.05) is 13.8 Å². The molecule has 0 heterocycles. The van der Waals surface area contributed by atoms with Crippen molar-refractivity contribution in [2.24, 2.45) is 0 Å². The lowest BCUT2D eigenvalue weighted by atomic mass is 10.0. The molecule has 0 saturated heterocycles. The molecule has 18 heavy (non-hydrogen) atoms. The first-order valence-electron chi connectivity index (χ1n) is 6.62. The lowest BCUT2D eigenvalue weighted by Gasteiger charge is -2.29. The minimum absolute atomic E-state index is 0.108. The molecule has 0 radical (unpaired) electrons. The van der Waals surface area contributed by atoms with Gasteiger partial charge in [0.2, 0.25) is 0 Å². The zero-order valence-corrected chi connectivity index (χ0v) is 12.8. The van der Waals surface area contributed by atoms with Crippen LogP contribution in [0.25, 0.3) is 0 Å². The Morgan fingerprint density at radius 3 is 2.11 bits per heavy atom. The Balaban J connectivity index is 4.11. The molecular formula is C15H28O3. The second-order valence-corrected chi connectivity index (χ2v) is 6.04. The van der Waals surface area contributed by atoms with Crippen LogP contribution in [0.2, 0.25) is 0 Å². The summed E-state index contributed by atoms with van der Waals surface area (Å²) in [5.41, 5.74) is -0.197. The van der Waals surface area contributed by atoms with Crippen molar-refractivity contribution in [1.29, 1.82) is 0 Å². The third kappa shape index (κ3) is 7.49. The summed E-state index contributed by atoms with van der Waals surface area (Å²) in [6, 6.07) is 0. The molecule has 0 unspecified atom stereocenters. The average molecular weight is 256 g/mol. The van der Waals surface area contributed by atoms with E-state index in [2.05, 4.69) is 27.4 Å². The molecule has 0 saturated carbocycles. The van der Waals surface area contributed by atoms with E-state index in [0.29, 0.717) is 18.6 Å². The Morgan fingerprint density at radius 2 is 1.67 bits per heavy atom. The van der Waals surface area contributed by atoms with E-state index in [-0.39, 0.29) is 11.6 Å². The average Bonchev–Trinajstić information content (AvgIpc) is 2.15. The highest BCUT2D eigenvalue weighted by molar-refractivity contribution is 5.87. The topological polar surface area (TPSA) is 35.5 Å². The Hall–Kier alpha value is -0.830. The number of carbonyl (C=O) groups excluding carboxylic acids is 1. The largest absolute Gasteiger partial charge is 0.456 e. The van der Waals surface area contributed by atoms with E-state index >= 15 is 0 Å². The van der Waals surface area contributed by atoms with Gasteiger partial charge in [-0.2, -0.15) is 0 Å². The molecule has 0 N–H and O–H groups in total. The summed E-state index contributed by atoms with van der Waals surface area (Å²) in [5.74, 6) is -0.340. The standard InChI is InChI=1S/C15H28O3/c1-8-9-14(4,5)17-11-10-15(6,7)18-13(16)12(2)3/h2,8-11H2,1,3-7H3. The van der Waals surface area contributed by atoms with Gasteiger partial charge in [0.1, 0.15) is 5.60 Å². The van der Waals surface area contributed by atoms with Crippen LogP contribution in [0.1, 0.15) is 60.8 Å². The summed E-state index contributed by atoms with van der Waals surface area (Å²) in [6.07, 6.45) is 2.80. The van der Waals surface area contributed by atoms with Gasteiger partial charge in [-0.05, 0) is 41.0 Å². The zero-order chi connectivity index (χ0) is 14.4. The van der Waals surface area contributed by atoms with Gasteiger partial charge < -0.3 is 9.47 Å². The highest BCUT2D eigenvalue weighted by Crippen LogP contribution is 2.21. The molecule has 0 spiro atoms. The van der Waals surface area contributed by atoms with Crippen LogP contribution in [0.15, 0.2) is 12.2 Å². The van der Waals surface area contributed by atoms with E-state index in [9.17, 15) is 4.79 Å². The molecule has 0 rings (SSSR count). The van der Waals surface area contributed by atoms with Crippen molar-refractivity contribution in [3.63, 3.8) is 0 Å². The minimum atomic E-state index is -0.516. The molecule has 0 aromatic heterocycles. The number of esters is 1. The van der Waals surface area contributed by atoms with E-state index in [1.54, 1.807) is 6.92 Å². The quantitative estimate of drug-likeness (QED) is 0.488. The highest BCUT2D eigenvalue weighted by Gasteiger charge is 2.25. The van der Waals surface area contributed by atoms with Crippen LogP contribution < -0.4 is 0 Å². The maximum Gasteiger partial charge on any atom is 0.333 e. The van der Waals surface area contributed by atoms with Crippen LogP contribution >= 0.6 is 0 Å². The fourth-order valence-electron chi connectivity index (χ4n) is 1.64. The molecule has 3 nitrogen and oxygen atoms in total. The Labute approximate surface area is 112 Å². The van der Waals surface area contributed by atoms with Crippen molar-refractivity contribution < 1.29 is 14.3 Å². The number of hydrogen-bond donors (Lipinski definition) is 0. The van der Waals surface area contributed by atoms with E-state index in [4.69, 9.17) is 9.47 Å². The monoisotopic (exact) mass is 256 g/mol. The van der Waals surface area contributed by atoms with Crippen molar-refractivity contribution >= 4 is 5.97 Å². The lowest BCUT2D eigenvalue weighted by molar-refractivity contribution is -0.154. The van der Waals surface area contributed by atoms with Crippen molar-refractivity contribution in [2.75, 3.05) is 6.61 Å². The van der Waals surface area contributed by atoms with Gasteiger partial charge in [0.25, 0.3) is 0 Å². The molecule has 106 valence electrons. The first-order chi connectivity index (χ1) is 8.09. The first-order valence-corrected chi connectivity index (χ1v) is 6.62. The van der Waals surface area contributed by atoms with Gasteiger partial charge in [0.05, 0.1) is 12.2 Å². The normalized spacial score (nSPS) is 12.3. The molecule has 0 atom stereocenters. The molecule has 0 amide bonds. The number of rotatable bonds is 8. The maximum absolute atomic E-state index is 11.5. The van der Waals surface area contributed by atoms with E-state index in [1.165, 1.54) is 0 Å². The van der Waals surface area contributed by atoms with E-state index < -0.39 is 5.60 Å². The summed E-state index contributed by atoms with van der Waals surface area (Å²) >= 11 is 0. The van der Waals surface area contributed by atoms with Crippen molar-refractivity contribution in [3.05, 3.63) is 12.2 Å². The number of ether oxygens (including phenoxy) is 2. The van der Waals surface area contributed by atoms with Gasteiger partial charge in [-0.3, -0.25) is 0 Å². The van der Waals surface area contributed by atoms with Crippen molar-refractivity contribution in [2.45, 2.75) is 72.0 Å². The molecular weight excluding hydrogens is 228 g/mol. The predicted octanol–water partition coefficient (Wildman–Crippen LogP) is 3.87. The second-order valence-electron chi connectivity index (χ2n) is 6.04. The molecule has 0 aliphatic heterocycles. The molecule has 3 heteroatoms. The third-order valence-electron chi connectivity index (χ3n) is 2.77. The van der Waals surface area contributed by atoms with Gasteiger partial charge in [-0.25, -0.2) is 4.79 Å². The molecule has 0 aromatic carbocycles. The Kier molecular flexibility index (Phi) is 6.61. The summed E-state index contributed by atoms with van der Waals surface area (Å²) in [5, 5.41) is 0. The van der Waals surface area contributed by atoms with Crippen LogP contribution in [0.3, 0.4) is 0 Å². The zero-order valence-electron chi connectivity index (χ0n) is 12.8. The Bertz CT molecular complexity index is 290. The van der Waals surface area contributed by atoms with Gasteiger partial charge in [0, 0.05) is 12.0 Å². The number of hydrogen-bond acceptors (Lipinski definition) is 3. The molecule has 0 aromatic rings. The first kappa shape index (κ1) is 17.2. The third-order valence-corrected chi connectivity index (χ3v) is 2.77. The van der Waals surface area contributed by atoms with Gasteiger partial charge in [0.15, 0.2) is 0 Å². The SMILES string of the molecule is C=C(C)C(=O)OC(C)(C)CCOC(C)(C)CCC. The van der Waals surface area contributed by atoms with Crippen LogP contribution in [-0.2, 0) is 14.3 Å². The van der Waals surface area contributed by atoms with Gasteiger partial charge >= 0.3 is 5.97 Å². The smallest absolute Gasteiger partial charge is 0.333 e. The minimum Gasteiger partial charge on any atom is -0.456 e. The van der Waals surface area contributed by atoms with Crippen LogP contribution in [0, 0.1) is 0 Å². The fraction of sp³-hybridized carbons (Fsp3) is 0.800. The maximum atomic E-state index is 11.5. The fourth-order valence-corrected chi connectivity index (χ4v) is 1.64. The molecule has 0 fully saturated rings. The summed E-state index contributed by atoms with van der Waals surface area (Å²) in [6.45, 7) is 15.9. The van der Waals surface area contributed by atoms with Crippen LogP contribution in [-0.4, -0.2) is 23.8 Å². The Morgan fingerprint density at radius 1 is 1.11 bits per heavy atom. The molecule has 0 bridgehead atoms. The van der Waals surface area contributed by atoms with Crippen molar-refractivity contribution in [3.8, 4) is 0 Å². The summed E-state index contributed by atoms with van der Waals surface area (Å²) in [4.78, 5) is 11.5. The second kappa shape index (κ2) is 6.93. The lowest BCUT2D eigenvalue weighted by Crippen LogP contribution is -2.32. The number of carbonyl (C=O) groups is 1. The summed E-state index contributed by atoms with van der Waals surface area (Å²) < 4.78 is 11.2. The highest BCUT2D eigenvalue weighted by atomic mass is 16.6. The van der Waals surface area contributed by atoms with E-state index in [0.717, 1.165) is 12.8 Å². The van der Waals surface area contributed by atoms with Crippen LogP contribution in [0.4, 0.5) is 0 Å². The molecule has 0 aliphatic rings. The molecule has 0 aliphatic carbocycles. The summed E-state index contributed by atoms with van der Waals surface area (Å²) in [7, 11) is 0. The van der Waals surface area contributed by atoms with Gasteiger partial charge in [-0.15, -0.1) is 0 Å². The van der Waals surface area contributed by atoms with Gasteiger partial charge in [-0.1, -0.05) is 19.9 Å².